The first-order valence-corrected chi connectivity index (χ1v) is 10.9. The summed E-state index contributed by atoms with van der Waals surface area (Å²) in [6, 6.07) is 24.5. The number of hydrogen-bond donors (Lipinski definition) is 2. The summed E-state index contributed by atoms with van der Waals surface area (Å²) in [4.78, 5) is 12.2. The highest BCUT2D eigenvalue weighted by molar-refractivity contribution is 5.79. The fourth-order valence-electron chi connectivity index (χ4n) is 4.15. The highest BCUT2D eigenvalue weighted by Gasteiger charge is 2.28. The number of ether oxygens (including phenoxy) is 1. The van der Waals surface area contributed by atoms with E-state index in [0.717, 1.165) is 11.1 Å². The third kappa shape index (κ3) is 4.52. The van der Waals surface area contributed by atoms with E-state index in [1.165, 1.54) is 22.3 Å². The minimum absolute atomic E-state index is 0.0680. The van der Waals surface area contributed by atoms with E-state index in [2.05, 4.69) is 50.2 Å². The summed E-state index contributed by atoms with van der Waals surface area (Å²) >= 11 is 0. The largest absolute Gasteiger partial charge is 0.449 e. The lowest BCUT2D eigenvalue weighted by molar-refractivity contribution is 0.143. The van der Waals surface area contributed by atoms with Gasteiger partial charge in [0.1, 0.15) is 6.61 Å². The van der Waals surface area contributed by atoms with Gasteiger partial charge < -0.3 is 10.1 Å². The summed E-state index contributed by atoms with van der Waals surface area (Å²) in [6.45, 7) is 0.830. The number of nitrogens with one attached hydrogen (secondary N) is 2. The first-order valence-electron chi connectivity index (χ1n) is 10.9. The van der Waals surface area contributed by atoms with Crippen LogP contribution in [-0.2, 0) is 4.74 Å². The first-order chi connectivity index (χ1) is 16.3. The Kier molecular flexibility index (Phi) is 5.93. The van der Waals surface area contributed by atoms with E-state index >= 15 is 0 Å². The molecule has 0 radical (unpaired) electrons. The molecule has 0 saturated carbocycles. The predicted octanol–water partition coefficient (Wildman–Crippen LogP) is 4.81. The van der Waals surface area contributed by atoms with Crippen LogP contribution in [0.15, 0.2) is 78.9 Å². The molecule has 3 aromatic carbocycles. The van der Waals surface area contributed by atoms with Crippen LogP contribution in [0.1, 0.15) is 29.0 Å². The fraction of sp³-hybridized carbons (Fsp3) is 0.154. The Morgan fingerprint density at radius 3 is 2.33 bits per heavy atom. The molecule has 4 aromatic rings. The van der Waals surface area contributed by atoms with Crippen molar-refractivity contribution in [3.8, 4) is 22.5 Å². The van der Waals surface area contributed by atoms with Crippen LogP contribution >= 0.6 is 0 Å². The zero-order valence-electron chi connectivity index (χ0n) is 17.9. The first kappa shape index (κ1) is 20.6. The highest BCUT2D eigenvalue weighted by Crippen LogP contribution is 2.44. The average molecular weight is 438 g/mol. The van der Waals surface area contributed by atoms with Gasteiger partial charge in [0.15, 0.2) is 0 Å². The number of rotatable bonds is 7. The Labute approximate surface area is 191 Å². The molecule has 0 fully saturated rings. The molecule has 0 bridgehead atoms. The monoisotopic (exact) mass is 437 g/mol. The lowest BCUT2D eigenvalue weighted by Crippen LogP contribution is -2.26. The van der Waals surface area contributed by atoms with Crippen molar-refractivity contribution in [2.75, 3.05) is 13.2 Å². The molecule has 0 spiro atoms. The molecule has 0 atom stereocenters. The summed E-state index contributed by atoms with van der Waals surface area (Å²) in [6.07, 6.45) is 4.35. The number of fused-ring (bicyclic) bond motifs is 3. The second kappa shape index (κ2) is 9.48. The van der Waals surface area contributed by atoms with E-state index in [0.29, 0.717) is 25.4 Å². The van der Waals surface area contributed by atoms with Gasteiger partial charge >= 0.3 is 6.09 Å². The van der Waals surface area contributed by atoms with Crippen molar-refractivity contribution in [1.29, 1.82) is 0 Å². The quantitative estimate of drug-likeness (QED) is 0.405. The van der Waals surface area contributed by atoms with Crippen molar-refractivity contribution < 1.29 is 9.53 Å². The number of benzene rings is 3. The van der Waals surface area contributed by atoms with E-state index in [4.69, 9.17) is 4.74 Å². The SMILES string of the molecule is O=C(NCCC=Cc1ccc(-c2nn[nH]n2)cc1)OCC1c2ccccc2-c2ccccc21. The number of nitrogens with zero attached hydrogens (tertiary/aromatic N) is 3. The van der Waals surface area contributed by atoms with Crippen LogP contribution in [0.25, 0.3) is 28.6 Å². The highest BCUT2D eigenvalue weighted by atomic mass is 16.5. The van der Waals surface area contributed by atoms with Crippen LogP contribution in [0.4, 0.5) is 4.79 Å². The number of carbonyl (C=O) groups is 1. The van der Waals surface area contributed by atoms with Crippen molar-refractivity contribution >= 4 is 12.2 Å². The molecule has 0 unspecified atom stereocenters. The number of aromatic amines is 1. The second-order valence-electron chi connectivity index (χ2n) is 7.80. The molecule has 7 heteroatoms. The zero-order valence-corrected chi connectivity index (χ0v) is 17.9. The summed E-state index contributed by atoms with van der Waals surface area (Å²) in [7, 11) is 0. The molecule has 1 aliphatic rings. The van der Waals surface area contributed by atoms with Crippen molar-refractivity contribution in [3.63, 3.8) is 0 Å². The number of aromatic nitrogens is 4. The number of amides is 1. The Hall–Kier alpha value is -4.26. The smallest absolute Gasteiger partial charge is 0.407 e. The van der Waals surface area contributed by atoms with Crippen LogP contribution in [0.5, 0.6) is 0 Å². The Morgan fingerprint density at radius 1 is 0.970 bits per heavy atom. The van der Waals surface area contributed by atoms with Crippen LogP contribution in [-0.4, -0.2) is 39.9 Å². The van der Waals surface area contributed by atoms with Gasteiger partial charge in [-0.3, -0.25) is 0 Å². The number of H-pyrrole nitrogens is 1. The summed E-state index contributed by atoms with van der Waals surface area (Å²) < 4.78 is 5.56. The molecule has 5 rings (SSSR count). The van der Waals surface area contributed by atoms with Gasteiger partial charge in [-0.25, -0.2) is 4.79 Å². The predicted molar refractivity (Wildman–Crippen MR) is 126 cm³/mol. The maximum atomic E-state index is 12.2. The molecule has 0 saturated heterocycles. The van der Waals surface area contributed by atoms with Gasteiger partial charge in [-0.05, 0) is 39.5 Å². The molecule has 7 nitrogen and oxygen atoms in total. The standard InChI is InChI=1S/C26H23N5O2/c32-26(27-16-6-5-7-18-12-14-19(15-13-18)25-28-30-31-29-25)33-17-24-22-10-3-1-8-20(22)21-9-2-4-11-23(21)24/h1-5,7-15,24H,6,16-17H2,(H,27,32)(H,28,29,30,31). The van der Waals surface area contributed by atoms with Gasteiger partial charge in [-0.2, -0.15) is 5.21 Å². The zero-order chi connectivity index (χ0) is 22.5. The van der Waals surface area contributed by atoms with Crippen molar-refractivity contribution in [2.24, 2.45) is 0 Å². The molecule has 33 heavy (non-hydrogen) atoms. The normalized spacial score (nSPS) is 12.5. The van der Waals surface area contributed by atoms with Gasteiger partial charge in [0.2, 0.25) is 5.82 Å². The van der Waals surface area contributed by atoms with Crippen LogP contribution in [0, 0.1) is 0 Å². The fourth-order valence-corrected chi connectivity index (χ4v) is 4.15. The molecule has 1 heterocycles. The third-order valence-electron chi connectivity index (χ3n) is 5.75. The topological polar surface area (TPSA) is 92.8 Å². The minimum atomic E-state index is -0.394. The number of carbonyl (C=O) groups excluding carboxylic acids is 1. The maximum Gasteiger partial charge on any atom is 0.407 e. The van der Waals surface area contributed by atoms with Gasteiger partial charge in [0.05, 0.1) is 0 Å². The van der Waals surface area contributed by atoms with E-state index in [9.17, 15) is 4.79 Å². The lowest BCUT2D eigenvalue weighted by atomic mass is 9.98. The third-order valence-corrected chi connectivity index (χ3v) is 5.75. The van der Waals surface area contributed by atoms with Crippen LogP contribution < -0.4 is 5.32 Å². The molecule has 2 N–H and O–H groups in total. The average Bonchev–Trinajstić information content (AvgIpc) is 3.50. The Bertz CT molecular complexity index is 1220. The molecular weight excluding hydrogens is 414 g/mol. The molecule has 1 amide bonds. The van der Waals surface area contributed by atoms with E-state index in [1.807, 2.05) is 60.7 Å². The van der Waals surface area contributed by atoms with Gasteiger partial charge in [-0.15, -0.1) is 10.2 Å². The lowest BCUT2D eigenvalue weighted by Gasteiger charge is -2.14. The summed E-state index contributed by atoms with van der Waals surface area (Å²) in [5, 5.41) is 16.8. The maximum absolute atomic E-state index is 12.2. The van der Waals surface area contributed by atoms with Crippen molar-refractivity contribution in [2.45, 2.75) is 12.3 Å². The summed E-state index contributed by atoms with van der Waals surface area (Å²) in [5.41, 5.74) is 6.82. The number of alkyl carbamates (subject to hydrolysis) is 1. The molecule has 164 valence electrons. The molecule has 1 aliphatic carbocycles. The van der Waals surface area contributed by atoms with Gasteiger partial charge in [-0.1, -0.05) is 84.9 Å². The van der Waals surface area contributed by atoms with Crippen molar-refractivity contribution in [1.82, 2.24) is 25.9 Å². The number of hydrogen-bond acceptors (Lipinski definition) is 5. The molecule has 0 aliphatic heterocycles. The Morgan fingerprint density at radius 2 is 1.67 bits per heavy atom. The van der Waals surface area contributed by atoms with Gasteiger partial charge in [0, 0.05) is 18.0 Å². The van der Waals surface area contributed by atoms with E-state index < -0.39 is 6.09 Å². The Balaban J connectivity index is 1.09. The number of tetrazole rings is 1. The van der Waals surface area contributed by atoms with Crippen LogP contribution in [0.2, 0.25) is 0 Å². The molecule has 1 aromatic heterocycles. The van der Waals surface area contributed by atoms with Crippen LogP contribution in [0.3, 0.4) is 0 Å². The van der Waals surface area contributed by atoms with E-state index in [-0.39, 0.29) is 5.92 Å². The van der Waals surface area contributed by atoms with E-state index in [1.54, 1.807) is 0 Å². The van der Waals surface area contributed by atoms with Gasteiger partial charge in [0.25, 0.3) is 0 Å². The summed E-state index contributed by atoms with van der Waals surface area (Å²) in [5.74, 6) is 0.635. The second-order valence-corrected chi connectivity index (χ2v) is 7.80. The molecular formula is C26H23N5O2. The minimum Gasteiger partial charge on any atom is -0.449 e. The van der Waals surface area contributed by atoms with Crippen molar-refractivity contribution in [3.05, 3.63) is 95.6 Å².